The molecule has 0 bridgehead atoms. The number of hydrogen-bond donors (Lipinski definition) is 0. The van der Waals surface area contributed by atoms with Crippen LogP contribution in [0.4, 0.5) is 0 Å². The molecule has 2 heteroatoms. The van der Waals surface area contributed by atoms with E-state index in [1.165, 1.54) is 44.9 Å². The Kier molecular flexibility index (Phi) is 4.92. The first-order chi connectivity index (χ1) is 9.00. The van der Waals surface area contributed by atoms with Crippen LogP contribution in [0.2, 0.25) is 0 Å². The van der Waals surface area contributed by atoms with Gasteiger partial charge in [0, 0.05) is 18.5 Å². The van der Waals surface area contributed by atoms with Crippen LogP contribution in [-0.2, 0) is 4.79 Å². The Morgan fingerprint density at radius 3 is 2.05 bits per heavy atom. The summed E-state index contributed by atoms with van der Waals surface area (Å²) in [5, 5.41) is 0. The van der Waals surface area contributed by atoms with Crippen LogP contribution in [0.5, 0.6) is 0 Å². The molecule has 1 saturated carbocycles. The van der Waals surface area contributed by atoms with E-state index in [0.717, 1.165) is 19.4 Å². The van der Waals surface area contributed by atoms with E-state index < -0.39 is 0 Å². The first kappa shape index (κ1) is 14.9. The molecule has 1 aliphatic carbocycles. The van der Waals surface area contributed by atoms with Crippen LogP contribution >= 0.6 is 0 Å². The Bertz CT molecular complexity index is 297. The van der Waals surface area contributed by atoms with Crippen molar-refractivity contribution in [3.63, 3.8) is 0 Å². The van der Waals surface area contributed by atoms with Gasteiger partial charge in [-0.05, 0) is 37.5 Å². The molecule has 110 valence electrons. The molecule has 1 saturated heterocycles. The third-order valence-corrected chi connectivity index (χ3v) is 4.99. The molecule has 19 heavy (non-hydrogen) atoms. The van der Waals surface area contributed by atoms with Gasteiger partial charge < -0.3 is 4.90 Å². The Morgan fingerprint density at radius 1 is 0.895 bits per heavy atom. The molecule has 2 rings (SSSR count). The number of nitrogens with zero attached hydrogens (tertiary/aromatic N) is 1. The molecule has 0 spiro atoms. The number of carbonyl (C=O) groups is 1. The highest BCUT2D eigenvalue weighted by Gasteiger charge is 2.37. The lowest BCUT2D eigenvalue weighted by Gasteiger charge is -2.44. The Hall–Kier alpha value is -0.530. The van der Waals surface area contributed by atoms with E-state index >= 15 is 0 Å². The van der Waals surface area contributed by atoms with Crippen molar-refractivity contribution < 1.29 is 4.79 Å². The quantitative estimate of drug-likeness (QED) is 0.644. The fourth-order valence-electron chi connectivity index (χ4n) is 3.86. The topological polar surface area (TPSA) is 20.3 Å². The Balaban J connectivity index is 2.06. The van der Waals surface area contributed by atoms with Gasteiger partial charge in [0.25, 0.3) is 0 Å². The fraction of sp³-hybridized carbons (Fsp3) is 0.941. The summed E-state index contributed by atoms with van der Waals surface area (Å²) in [6, 6.07) is 0.456. The summed E-state index contributed by atoms with van der Waals surface area (Å²) in [4.78, 5) is 15.1. The molecule has 1 atom stereocenters. The minimum absolute atomic E-state index is 0.223. The second kappa shape index (κ2) is 6.28. The lowest BCUT2D eigenvalue weighted by Crippen LogP contribution is -2.51. The number of amides is 1. The summed E-state index contributed by atoms with van der Waals surface area (Å²) in [7, 11) is 0. The van der Waals surface area contributed by atoms with E-state index in [4.69, 9.17) is 0 Å². The van der Waals surface area contributed by atoms with Crippen molar-refractivity contribution in [2.75, 3.05) is 6.54 Å². The average Bonchev–Trinajstić information content (AvgIpc) is 2.66. The number of likely N-dealkylation sites (tertiary alicyclic amines) is 1. The van der Waals surface area contributed by atoms with Crippen LogP contribution < -0.4 is 0 Å². The second-order valence-corrected chi connectivity index (χ2v) is 7.60. The molecule has 1 heterocycles. The van der Waals surface area contributed by atoms with Crippen LogP contribution in [0.25, 0.3) is 0 Å². The highest BCUT2D eigenvalue weighted by atomic mass is 16.2. The monoisotopic (exact) mass is 265 g/mol. The van der Waals surface area contributed by atoms with E-state index in [9.17, 15) is 4.79 Å². The van der Waals surface area contributed by atoms with Gasteiger partial charge in [-0.15, -0.1) is 0 Å². The summed E-state index contributed by atoms with van der Waals surface area (Å²) in [6.07, 6.45) is 11.1. The number of hydrogen-bond acceptors (Lipinski definition) is 1. The summed E-state index contributed by atoms with van der Waals surface area (Å²) < 4.78 is 0. The van der Waals surface area contributed by atoms with E-state index in [0.29, 0.717) is 17.9 Å². The van der Waals surface area contributed by atoms with Crippen molar-refractivity contribution in [3.8, 4) is 0 Å². The molecular formula is C17H31NO. The van der Waals surface area contributed by atoms with Gasteiger partial charge in [-0.1, -0.05) is 46.5 Å². The molecule has 2 fully saturated rings. The third-order valence-electron chi connectivity index (χ3n) is 4.99. The maximum absolute atomic E-state index is 12.9. The van der Waals surface area contributed by atoms with Crippen molar-refractivity contribution >= 4 is 5.91 Å². The van der Waals surface area contributed by atoms with E-state index in [2.05, 4.69) is 25.7 Å². The largest absolute Gasteiger partial charge is 0.339 e. The third kappa shape index (κ3) is 3.73. The SMILES string of the molecule is CC(C)(C)C1CCCCN1C(=O)C1CCCCCC1. The molecule has 0 aromatic rings. The van der Waals surface area contributed by atoms with E-state index in [1.54, 1.807) is 0 Å². The summed E-state index contributed by atoms with van der Waals surface area (Å²) in [5.74, 6) is 0.798. The first-order valence-corrected chi connectivity index (χ1v) is 8.30. The van der Waals surface area contributed by atoms with Gasteiger partial charge in [-0.25, -0.2) is 0 Å². The van der Waals surface area contributed by atoms with Gasteiger partial charge in [0.15, 0.2) is 0 Å². The normalized spacial score (nSPS) is 27.1. The summed E-state index contributed by atoms with van der Waals surface area (Å²) >= 11 is 0. The predicted octanol–water partition coefficient (Wildman–Crippen LogP) is 4.38. The van der Waals surface area contributed by atoms with Crippen molar-refractivity contribution in [3.05, 3.63) is 0 Å². The van der Waals surface area contributed by atoms with Gasteiger partial charge in [0.1, 0.15) is 0 Å². The van der Waals surface area contributed by atoms with Gasteiger partial charge in [0.05, 0.1) is 0 Å². The zero-order valence-electron chi connectivity index (χ0n) is 13.1. The lowest BCUT2D eigenvalue weighted by atomic mass is 9.80. The van der Waals surface area contributed by atoms with Gasteiger partial charge in [0.2, 0.25) is 5.91 Å². The molecule has 0 N–H and O–H groups in total. The van der Waals surface area contributed by atoms with E-state index in [-0.39, 0.29) is 5.41 Å². The standard InChI is InChI=1S/C17H31NO/c1-17(2,3)15-12-8-9-13-18(15)16(19)14-10-6-4-5-7-11-14/h14-15H,4-13H2,1-3H3. The molecule has 0 radical (unpaired) electrons. The highest BCUT2D eigenvalue weighted by Crippen LogP contribution is 2.34. The van der Waals surface area contributed by atoms with Crippen molar-refractivity contribution in [2.24, 2.45) is 11.3 Å². The zero-order valence-corrected chi connectivity index (χ0v) is 13.1. The maximum atomic E-state index is 12.9. The van der Waals surface area contributed by atoms with Crippen molar-refractivity contribution in [1.82, 2.24) is 4.90 Å². The molecule has 0 aromatic heterocycles. The summed E-state index contributed by atoms with van der Waals surface area (Å²) in [6.45, 7) is 7.86. The molecule has 1 unspecified atom stereocenters. The zero-order chi connectivity index (χ0) is 13.9. The van der Waals surface area contributed by atoms with Gasteiger partial charge >= 0.3 is 0 Å². The van der Waals surface area contributed by atoms with Crippen LogP contribution in [0.3, 0.4) is 0 Å². The minimum atomic E-state index is 0.223. The lowest BCUT2D eigenvalue weighted by molar-refractivity contribution is -0.142. The van der Waals surface area contributed by atoms with Crippen molar-refractivity contribution in [1.29, 1.82) is 0 Å². The van der Waals surface area contributed by atoms with Gasteiger partial charge in [-0.3, -0.25) is 4.79 Å². The fourth-order valence-corrected chi connectivity index (χ4v) is 3.86. The number of rotatable bonds is 1. The van der Waals surface area contributed by atoms with Crippen LogP contribution in [-0.4, -0.2) is 23.4 Å². The van der Waals surface area contributed by atoms with Crippen LogP contribution in [0.15, 0.2) is 0 Å². The molecule has 1 amide bonds. The minimum Gasteiger partial charge on any atom is -0.339 e. The number of piperidine rings is 1. The number of carbonyl (C=O) groups excluding carboxylic acids is 1. The highest BCUT2D eigenvalue weighted by molar-refractivity contribution is 5.79. The molecule has 1 aliphatic heterocycles. The van der Waals surface area contributed by atoms with Crippen LogP contribution in [0, 0.1) is 11.3 Å². The molecule has 2 nitrogen and oxygen atoms in total. The molecule has 0 aromatic carbocycles. The molecule has 2 aliphatic rings. The smallest absolute Gasteiger partial charge is 0.225 e. The average molecular weight is 265 g/mol. The van der Waals surface area contributed by atoms with Gasteiger partial charge in [-0.2, -0.15) is 0 Å². The van der Waals surface area contributed by atoms with Crippen LogP contribution in [0.1, 0.15) is 78.6 Å². The molecular weight excluding hydrogens is 234 g/mol. The van der Waals surface area contributed by atoms with E-state index in [1.807, 2.05) is 0 Å². The maximum Gasteiger partial charge on any atom is 0.225 e. The Morgan fingerprint density at radius 2 is 1.47 bits per heavy atom. The second-order valence-electron chi connectivity index (χ2n) is 7.60. The predicted molar refractivity (Wildman–Crippen MR) is 80.0 cm³/mol. The Labute approximate surface area is 118 Å². The summed E-state index contributed by atoms with van der Waals surface area (Å²) in [5.41, 5.74) is 0.223. The first-order valence-electron chi connectivity index (χ1n) is 8.30. The van der Waals surface area contributed by atoms with Crippen molar-refractivity contribution in [2.45, 2.75) is 84.6 Å².